The highest BCUT2D eigenvalue weighted by atomic mass is 79.9. The predicted molar refractivity (Wildman–Crippen MR) is 118 cm³/mol. The van der Waals surface area contributed by atoms with Gasteiger partial charge in [0.05, 0.1) is 23.4 Å². The number of allylic oxidation sites excluding steroid dienone is 2. The predicted octanol–water partition coefficient (Wildman–Crippen LogP) is 3.58. The SMILES string of the molecule is CCCN1CC=C2C(C#N)=C(N)C(C#N)(C#N)C(c3cccc(Br)c3)C2C1.CCO. The van der Waals surface area contributed by atoms with Crippen molar-refractivity contribution in [3.63, 3.8) is 0 Å². The number of hydrogen-bond donors (Lipinski definition) is 2. The molecule has 30 heavy (non-hydrogen) atoms. The third-order valence-corrected chi connectivity index (χ3v) is 5.98. The molecule has 1 heterocycles. The van der Waals surface area contributed by atoms with Crippen LogP contribution >= 0.6 is 15.9 Å². The van der Waals surface area contributed by atoms with E-state index in [0.717, 1.165) is 35.1 Å². The highest BCUT2D eigenvalue weighted by Gasteiger charge is 2.54. The zero-order chi connectivity index (χ0) is 22.3. The van der Waals surface area contributed by atoms with Gasteiger partial charge in [-0.1, -0.05) is 41.1 Å². The summed E-state index contributed by atoms with van der Waals surface area (Å²) in [6, 6.07) is 14.2. The molecule has 3 N–H and O–H groups in total. The van der Waals surface area contributed by atoms with Gasteiger partial charge in [-0.15, -0.1) is 0 Å². The summed E-state index contributed by atoms with van der Waals surface area (Å²) < 4.78 is 0.880. The van der Waals surface area contributed by atoms with Crippen LogP contribution in [0.2, 0.25) is 0 Å². The second-order valence-corrected chi connectivity index (χ2v) is 8.22. The Labute approximate surface area is 186 Å². The molecule has 2 atom stereocenters. The Kier molecular flexibility index (Phi) is 8.21. The van der Waals surface area contributed by atoms with Crippen molar-refractivity contribution in [2.45, 2.75) is 26.2 Å². The zero-order valence-corrected chi connectivity index (χ0v) is 18.9. The summed E-state index contributed by atoms with van der Waals surface area (Å²) in [5.41, 5.74) is 6.85. The minimum Gasteiger partial charge on any atom is -0.399 e. The van der Waals surface area contributed by atoms with Gasteiger partial charge in [0.2, 0.25) is 0 Å². The molecule has 0 fully saturated rings. The fourth-order valence-electron chi connectivity index (χ4n) is 4.31. The summed E-state index contributed by atoms with van der Waals surface area (Å²) in [5.74, 6) is -0.575. The second kappa shape index (κ2) is 10.4. The highest BCUT2D eigenvalue weighted by Crippen LogP contribution is 2.54. The minimum atomic E-state index is -1.57. The van der Waals surface area contributed by atoms with Gasteiger partial charge in [0.15, 0.2) is 5.41 Å². The fourth-order valence-corrected chi connectivity index (χ4v) is 4.73. The molecule has 0 saturated carbocycles. The maximum Gasteiger partial charge on any atom is 0.191 e. The van der Waals surface area contributed by atoms with Gasteiger partial charge >= 0.3 is 0 Å². The lowest BCUT2D eigenvalue weighted by atomic mass is 9.58. The molecule has 7 heteroatoms. The summed E-state index contributed by atoms with van der Waals surface area (Å²) in [4.78, 5) is 2.30. The molecule has 1 aliphatic carbocycles. The average Bonchev–Trinajstić information content (AvgIpc) is 2.74. The fraction of sp³-hybridized carbons (Fsp3) is 0.435. The lowest BCUT2D eigenvalue weighted by Crippen LogP contribution is -2.48. The van der Waals surface area contributed by atoms with E-state index in [1.807, 2.05) is 30.3 Å². The van der Waals surface area contributed by atoms with Crippen LogP contribution in [0.5, 0.6) is 0 Å². The molecular formula is C23H26BrN5O. The van der Waals surface area contributed by atoms with E-state index in [1.165, 1.54) is 0 Å². The van der Waals surface area contributed by atoms with Crippen molar-refractivity contribution in [1.29, 1.82) is 15.8 Å². The van der Waals surface area contributed by atoms with E-state index in [9.17, 15) is 15.8 Å². The topological polar surface area (TPSA) is 121 Å². The molecule has 0 aromatic heterocycles. The molecule has 0 saturated heterocycles. The largest absolute Gasteiger partial charge is 0.399 e. The Hall–Kier alpha value is -2.63. The smallest absolute Gasteiger partial charge is 0.191 e. The molecule has 156 valence electrons. The first-order chi connectivity index (χ1) is 14.4. The van der Waals surface area contributed by atoms with E-state index in [-0.39, 0.29) is 18.2 Å². The summed E-state index contributed by atoms with van der Waals surface area (Å²) in [6.07, 6.45) is 3.06. The first kappa shape index (κ1) is 23.6. The van der Waals surface area contributed by atoms with Gasteiger partial charge < -0.3 is 10.8 Å². The van der Waals surface area contributed by atoms with Crippen molar-refractivity contribution >= 4 is 15.9 Å². The van der Waals surface area contributed by atoms with E-state index in [2.05, 4.69) is 46.0 Å². The van der Waals surface area contributed by atoms with Gasteiger partial charge in [-0.2, -0.15) is 15.8 Å². The lowest BCUT2D eigenvalue weighted by molar-refractivity contribution is 0.207. The van der Waals surface area contributed by atoms with Gasteiger partial charge in [0.1, 0.15) is 6.07 Å². The first-order valence-corrected chi connectivity index (χ1v) is 10.7. The number of halogens is 1. The van der Waals surface area contributed by atoms with Gasteiger partial charge in [-0.05, 0) is 43.2 Å². The standard InChI is InChI=1S/C21H20BrN5.C2H6O/c1-2-7-27-8-6-16-17(10-23)20(26)21(12-24,13-25)19(18(16)11-27)14-4-3-5-15(22)9-14;1-2-3/h3-6,9,18-19H,2,7-8,11,26H2,1H3;3H,2H2,1H3. The third kappa shape index (κ3) is 4.27. The van der Waals surface area contributed by atoms with E-state index >= 15 is 0 Å². The monoisotopic (exact) mass is 467 g/mol. The molecule has 1 aromatic rings. The van der Waals surface area contributed by atoms with Gasteiger partial charge in [-0.3, -0.25) is 4.90 Å². The van der Waals surface area contributed by atoms with Crippen LogP contribution in [0.3, 0.4) is 0 Å². The van der Waals surface area contributed by atoms with Crippen LogP contribution in [-0.4, -0.2) is 36.2 Å². The number of nitrogens with zero attached hydrogens (tertiary/aromatic N) is 4. The van der Waals surface area contributed by atoms with Gasteiger partial charge in [0.25, 0.3) is 0 Å². The normalized spacial score (nSPS) is 22.4. The molecule has 2 unspecified atom stereocenters. The van der Waals surface area contributed by atoms with Crippen molar-refractivity contribution < 1.29 is 5.11 Å². The third-order valence-electron chi connectivity index (χ3n) is 5.49. The Morgan fingerprint density at radius 1 is 1.27 bits per heavy atom. The number of rotatable bonds is 3. The van der Waals surface area contributed by atoms with Crippen molar-refractivity contribution in [2.24, 2.45) is 17.1 Å². The maximum atomic E-state index is 10.0. The van der Waals surface area contributed by atoms with Gasteiger partial charge in [0, 0.05) is 36.0 Å². The van der Waals surface area contributed by atoms with E-state index in [0.29, 0.717) is 12.1 Å². The molecule has 0 spiro atoms. The molecule has 0 bridgehead atoms. The Balaban J connectivity index is 0.00000101. The number of hydrogen-bond acceptors (Lipinski definition) is 6. The quantitative estimate of drug-likeness (QED) is 0.700. The number of nitrogens with two attached hydrogens (primary N) is 1. The van der Waals surface area contributed by atoms with Crippen molar-refractivity contribution in [3.8, 4) is 18.2 Å². The number of nitriles is 3. The molecule has 1 aromatic carbocycles. The van der Waals surface area contributed by atoms with E-state index in [4.69, 9.17) is 10.8 Å². The molecule has 0 amide bonds. The number of aliphatic hydroxyl groups is 1. The van der Waals surface area contributed by atoms with Crippen LogP contribution in [-0.2, 0) is 0 Å². The van der Waals surface area contributed by atoms with Gasteiger partial charge in [-0.25, -0.2) is 0 Å². The molecule has 3 rings (SSSR count). The summed E-state index contributed by atoms with van der Waals surface area (Å²) in [7, 11) is 0. The van der Waals surface area contributed by atoms with Crippen molar-refractivity contribution in [3.05, 3.63) is 57.2 Å². The van der Waals surface area contributed by atoms with E-state index < -0.39 is 11.3 Å². The Morgan fingerprint density at radius 2 is 1.93 bits per heavy atom. The van der Waals surface area contributed by atoms with Crippen LogP contribution in [0.4, 0.5) is 0 Å². The molecule has 2 aliphatic rings. The van der Waals surface area contributed by atoms with Crippen LogP contribution in [0.1, 0.15) is 31.7 Å². The number of aliphatic hydroxyl groups excluding tert-OH is 1. The van der Waals surface area contributed by atoms with Crippen LogP contribution in [0.15, 0.2) is 51.7 Å². The lowest BCUT2D eigenvalue weighted by Gasteiger charge is -2.45. The second-order valence-electron chi connectivity index (χ2n) is 7.31. The van der Waals surface area contributed by atoms with Crippen LogP contribution in [0, 0.1) is 45.3 Å². The average molecular weight is 468 g/mol. The maximum absolute atomic E-state index is 10.0. The number of fused-ring (bicyclic) bond motifs is 1. The molecule has 6 nitrogen and oxygen atoms in total. The molecule has 1 aliphatic heterocycles. The summed E-state index contributed by atoms with van der Waals surface area (Å²) in [5, 5.41) is 37.4. The van der Waals surface area contributed by atoms with Crippen molar-refractivity contribution in [1.82, 2.24) is 4.90 Å². The Morgan fingerprint density at radius 3 is 2.47 bits per heavy atom. The van der Waals surface area contributed by atoms with Crippen LogP contribution in [0.25, 0.3) is 0 Å². The first-order valence-electron chi connectivity index (χ1n) is 9.95. The number of benzene rings is 1. The zero-order valence-electron chi connectivity index (χ0n) is 17.3. The van der Waals surface area contributed by atoms with Crippen LogP contribution < -0.4 is 5.73 Å². The highest BCUT2D eigenvalue weighted by molar-refractivity contribution is 9.10. The van der Waals surface area contributed by atoms with Crippen molar-refractivity contribution in [2.75, 3.05) is 26.2 Å². The molecular weight excluding hydrogens is 442 g/mol. The molecule has 0 radical (unpaired) electrons. The van der Waals surface area contributed by atoms with E-state index in [1.54, 1.807) is 6.92 Å². The summed E-state index contributed by atoms with van der Waals surface area (Å²) in [6.45, 7) is 6.42. The summed E-state index contributed by atoms with van der Waals surface area (Å²) >= 11 is 3.49. The Bertz CT molecular complexity index is 949. The minimum absolute atomic E-state index is 0.0754.